The minimum absolute atomic E-state index is 0.0636. The molecule has 0 amide bonds. The second kappa shape index (κ2) is 8.73. The molecule has 0 saturated carbocycles. The van der Waals surface area contributed by atoms with Crippen LogP contribution in [0.25, 0.3) is 0 Å². The number of hydrogen-bond acceptors (Lipinski definition) is 6. The van der Waals surface area contributed by atoms with Gasteiger partial charge in [-0.25, -0.2) is 9.97 Å². The highest BCUT2D eigenvalue weighted by atomic mass is 16.5. The molecule has 10 heteroatoms. The van der Waals surface area contributed by atoms with Crippen LogP contribution in [0.3, 0.4) is 0 Å². The molecule has 4 heterocycles. The third-order valence-electron chi connectivity index (χ3n) is 8.19. The fourth-order valence-corrected chi connectivity index (χ4v) is 4.08. The summed E-state index contributed by atoms with van der Waals surface area (Å²) in [6.07, 6.45) is 0. The summed E-state index contributed by atoms with van der Waals surface area (Å²) >= 11 is 0. The van der Waals surface area contributed by atoms with Crippen molar-refractivity contribution in [3.63, 3.8) is 0 Å². The first-order chi connectivity index (χ1) is 17.5. The summed E-state index contributed by atoms with van der Waals surface area (Å²) in [5, 5.41) is 53.0. The Kier molecular flexibility index (Phi) is 6.18. The van der Waals surface area contributed by atoms with Gasteiger partial charge in [0.1, 0.15) is 22.5 Å². The molecule has 0 spiro atoms. The zero-order valence-corrected chi connectivity index (χ0v) is 22.8. The molecule has 0 N–H and O–H groups in total. The molecule has 0 aliphatic carbocycles. The topological polar surface area (TPSA) is 124 Å². The average Bonchev–Trinajstić information content (AvgIpc) is 3.05. The SMILES string of the molecule is CC1(C)N([O])C(c2cccc(C#CC#Cc3cccc(C4=[N+]([O-])C(C)(C)C(C)(C)N4[O])n3)n2)=[N+]([O-])C1(C)C. The first kappa shape index (κ1) is 26.9. The summed E-state index contributed by atoms with van der Waals surface area (Å²) in [6.45, 7) is 13.7. The number of hydroxylamine groups is 6. The monoisotopic (exact) mass is 514 g/mol. The molecule has 0 unspecified atom stereocenters. The molecule has 0 saturated heterocycles. The maximum atomic E-state index is 12.9. The first-order valence-electron chi connectivity index (χ1n) is 12.2. The Labute approximate surface area is 222 Å². The van der Waals surface area contributed by atoms with Crippen LogP contribution >= 0.6 is 0 Å². The van der Waals surface area contributed by atoms with E-state index in [1.165, 1.54) is 0 Å². The van der Waals surface area contributed by atoms with Crippen molar-refractivity contribution >= 4 is 11.7 Å². The van der Waals surface area contributed by atoms with Crippen molar-refractivity contribution in [3.8, 4) is 23.7 Å². The van der Waals surface area contributed by atoms with Crippen LogP contribution in [-0.4, -0.2) is 63.4 Å². The Morgan fingerprint density at radius 3 is 1.29 bits per heavy atom. The standard InChI is InChI=1S/C28H30N6O4/c1-25(2)26(3,4)32(36)23(31(25)35)21-17-11-15-19(29-21)13-9-10-14-20-16-12-18-22(30-20)24-33(37)27(5,6)28(7,8)34(24)38/h11-12,15-18H,1-8H3. The average molecular weight is 515 g/mol. The van der Waals surface area contributed by atoms with Crippen LogP contribution < -0.4 is 0 Å². The predicted molar refractivity (Wildman–Crippen MR) is 139 cm³/mol. The second-order valence-corrected chi connectivity index (χ2v) is 11.4. The summed E-state index contributed by atoms with van der Waals surface area (Å²) in [6, 6.07) is 9.83. The molecule has 2 aromatic rings. The predicted octanol–water partition coefficient (Wildman–Crippen LogP) is 2.83. The van der Waals surface area contributed by atoms with E-state index in [1.54, 1.807) is 91.8 Å². The smallest absolute Gasteiger partial charge is 0.335 e. The lowest BCUT2D eigenvalue weighted by Gasteiger charge is -2.32. The Hall–Kier alpha value is -4.12. The van der Waals surface area contributed by atoms with Crippen LogP contribution in [-0.2, 0) is 10.4 Å². The van der Waals surface area contributed by atoms with E-state index in [0.717, 1.165) is 0 Å². The Morgan fingerprint density at radius 2 is 1.00 bits per heavy atom. The van der Waals surface area contributed by atoms with Gasteiger partial charge < -0.3 is 10.4 Å². The molecule has 0 aromatic carbocycles. The van der Waals surface area contributed by atoms with Gasteiger partial charge in [0.15, 0.2) is 22.5 Å². The molecule has 0 fully saturated rings. The molecular weight excluding hydrogens is 484 g/mol. The minimum atomic E-state index is -0.949. The van der Waals surface area contributed by atoms with Gasteiger partial charge in [-0.15, -0.1) is 0 Å². The molecule has 2 aromatic heterocycles. The van der Waals surface area contributed by atoms with Crippen LogP contribution in [0, 0.1) is 34.1 Å². The van der Waals surface area contributed by atoms with Crippen molar-refractivity contribution in [2.24, 2.45) is 0 Å². The maximum Gasteiger partial charge on any atom is 0.335 e. The van der Waals surface area contributed by atoms with Gasteiger partial charge in [0.25, 0.3) is 0 Å². The third-order valence-corrected chi connectivity index (χ3v) is 8.19. The third kappa shape index (κ3) is 3.85. The summed E-state index contributed by atoms with van der Waals surface area (Å²) < 4.78 is 1.41. The van der Waals surface area contributed by atoms with Crippen molar-refractivity contribution in [2.45, 2.75) is 77.5 Å². The second-order valence-electron chi connectivity index (χ2n) is 11.4. The zero-order chi connectivity index (χ0) is 28.3. The lowest BCUT2D eigenvalue weighted by atomic mass is 9.84. The van der Waals surface area contributed by atoms with E-state index < -0.39 is 22.2 Å². The van der Waals surface area contributed by atoms with Crippen molar-refractivity contribution in [2.75, 3.05) is 0 Å². The fourth-order valence-electron chi connectivity index (χ4n) is 4.08. The first-order valence-corrected chi connectivity index (χ1v) is 12.2. The quantitative estimate of drug-likeness (QED) is 0.345. The molecule has 0 bridgehead atoms. The van der Waals surface area contributed by atoms with E-state index in [0.29, 0.717) is 31.0 Å². The highest BCUT2D eigenvalue weighted by Gasteiger charge is 2.61. The van der Waals surface area contributed by atoms with Gasteiger partial charge in [-0.05, 0) is 103 Å². The Morgan fingerprint density at radius 1 is 0.658 bits per heavy atom. The van der Waals surface area contributed by atoms with E-state index in [9.17, 15) is 20.8 Å². The van der Waals surface area contributed by atoms with E-state index in [2.05, 4.69) is 33.6 Å². The molecule has 196 valence electrons. The number of amidine groups is 2. The van der Waals surface area contributed by atoms with Gasteiger partial charge in [0.05, 0.1) is 0 Å². The van der Waals surface area contributed by atoms with Crippen LogP contribution in [0.2, 0.25) is 0 Å². The molecule has 2 aliphatic heterocycles. The molecule has 4 rings (SSSR count). The number of nitrogens with zero attached hydrogens (tertiary/aromatic N) is 6. The summed E-state index contributed by atoms with van der Waals surface area (Å²) in [5.41, 5.74) is -2.66. The van der Waals surface area contributed by atoms with Crippen LogP contribution in [0.15, 0.2) is 36.4 Å². The Bertz CT molecular complexity index is 1380. The highest BCUT2D eigenvalue weighted by Crippen LogP contribution is 2.38. The lowest BCUT2D eigenvalue weighted by molar-refractivity contribution is -0.540. The summed E-state index contributed by atoms with van der Waals surface area (Å²) in [4.78, 5) is 8.76. The van der Waals surface area contributed by atoms with Gasteiger partial charge in [0, 0.05) is 10.4 Å². The van der Waals surface area contributed by atoms with Gasteiger partial charge in [0.2, 0.25) is 0 Å². The van der Waals surface area contributed by atoms with E-state index in [1.807, 2.05) is 0 Å². The molecule has 38 heavy (non-hydrogen) atoms. The number of aromatic nitrogens is 2. The van der Waals surface area contributed by atoms with Gasteiger partial charge in [-0.2, -0.15) is 0 Å². The molecular formula is C28H30N6O4. The minimum Gasteiger partial charge on any atom is -0.714 e. The molecule has 10 nitrogen and oxygen atoms in total. The highest BCUT2D eigenvalue weighted by molar-refractivity contribution is 5.94. The van der Waals surface area contributed by atoms with E-state index >= 15 is 0 Å². The van der Waals surface area contributed by atoms with Gasteiger partial charge in [-0.3, -0.25) is 9.48 Å². The largest absolute Gasteiger partial charge is 0.714 e. The zero-order valence-electron chi connectivity index (χ0n) is 22.8. The summed E-state index contributed by atoms with van der Waals surface area (Å²) in [5.74, 6) is 10.9. The van der Waals surface area contributed by atoms with Crippen molar-refractivity contribution in [1.29, 1.82) is 0 Å². The van der Waals surface area contributed by atoms with Crippen LogP contribution in [0.5, 0.6) is 0 Å². The van der Waals surface area contributed by atoms with E-state index in [4.69, 9.17) is 0 Å². The lowest BCUT2D eigenvalue weighted by Crippen LogP contribution is -2.53. The number of hydrogen-bond donors (Lipinski definition) is 0. The molecule has 0 atom stereocenters. The molecule has 2 radical (unpaired) electrons. The maximum absolute atomic E-state index is 12.9. The van der Waals surface area contributed by atoms with Crippen molar-refractivity contribution < 1.29 is 19.9 Å². The van der Waals surface area contributed by atoms with Gasteiger partial charge >= 0.3 is 11.7 Å². The van der Waals surface area contributed by atoms with Crippen molar-refractivity contribution in [1.82, 2.24) is 20.1 Å². The van der Waals surface area contributed by atoms with Gasteiger partial charge in [-0.1, -0.05) is 22.3 Å². The molecule has 2 aliphatic rings. The summed E-state index contributed by atoms with van der Waals surface area (Å²) in [7, 11) is 0. The normalized spacial score (nSPS) is 20.7. The van der Waals surface area contributed by atoms with Crippen LogP contribution in [0.4, 0.5) is 0 Å². The Balaban J connectivity index is 1.60. The number of pyridine rings is 2. The van der Waals surface area contributed by atoms with Crippen molar-refractivity contribution in [3.05, 3.63) is 69.6 Å². The van der Waals surface area contributed by atoms with E-state index in [-0.39, 0.29) is 23.1 Å². The van der Waals surface area contributed by atoms with Crippen LogP contribution in [0.1, 0.15) is 78.2 Å². The fraction of sp³-hybridized carbons (Fsp3) is 0.429. The number of rotatable bonds is 2.